The third-order valence-electron chi connectivity index (χ3n) is 6.13. The highest BCUT2D eigenvalue weighted by Crippen LogP contribution is 2.39. The molecule has 3 aromatic heterocycles. The molecule has 4 N–H and O–H groups in total. The molecule has 1 saturated heterocycles. The summed E-state index contributed by atoms with van der Waals surface area (Å²) in [5.74, 6) is 0.283. The fourth-order valence-electron chi connectivity index (χ4n) is 4.34. The minimum absolute atomic E-state index is 0.199. The van der Waals surface area contributed by atoms with Gasteiger partial charge in [0.05, 0.1) is 29.7 Å². The number of nitrogens with zero attached hydrogens (tertiary/aromatic N) is 6. The van der Waals surface area contributed by atoms with E-state index in [4.69, 9.17) is 23.1 Å². The SMILES string of the molecule is Nc1ncnc2c1ncn2Cc1c(Br)cc(Cl)cc1N1CC[C@](N)(c2cc(C(F)(F)F)ccn2)C1. The van der Waals surface area contributed by atoms with E-state index in [1.54, 1.807) is 12.4 Å². The van der Waals surface area contributed by atoms with Crippen LogP contribution in [0.4, 0.5) is 24.7 Å². The Labute approximate surface area is 211 Å². The van der Waals surface area contributed by atoms with Gasteiger partial charge in [0, 0.05) is 40.0 Å². The van der Waals surface area contributed by atoms with E-state index in [0.717, 1.165) is 34.1 Å². The molecule has 4 aromatic rings. The predicted octanol–water partition coefficient (Wildman–Crippen LogP) is 4.35. The Morgan fingerprint density at radius 2 is 1.94 bits per heavy atom. The molecule has 1 atom stereocenters. The Morgan fingerprint density at radius 3 is 2.71 bits per heavy atom. The van der Waals surface area contributed by atoms with Crippen molar-refractivity contribution in [3.05, 3.63) is 69.4 Å². The summed E-state index contributed by atoms with van der Waals surface area (Å²) in [4.78, 5) is 18.8. The summed E-state index contributed by atoms with van der Waals surface area (Å²) in [5.41, 5.74) is 13.6. The van der Waals surface area contributed by atoms with Gasteiger partial charge in [-0.05, 0) is 30.7 Å². The average molecular weight is 568 g/mol. The van der Waals surface area contributed by atoms with E-state index in [-0.39, 0.29) is 18.1 Å². The molecule has 0 radical (unpaired) electrons. The van der Waals surface area contributed by atoms with Crippen molar-refractivity contribution in [2.45, 2.75) is 24.7 Å². The molecule has 0 amide bonds. The summed E-state index contributed by atoms with van der Waals surface area (Å²) in [6.45, 7) is 1.16. The van der Waals surface area contributed by atoms with Gasteiger partial charge in [0.2, 0.25) is 0 Å². The van der Waals surface area contributed by atoms with Crippen molar-refractivity contribution >= 4 is 50.2 Å². The van der Waals surface area contributed by atoms with Gasteiger partial charge in [-0.25, -0.2) is 15.0 Å². The number of hydrogen-bond acceptors (Lipinski definition) is 7. The van der Waals surface area contributed by atoms with E-state index in [0.29, 0.717) is 35.7 Å². The fourth-order valence-corrected chi connectivity index (χ4v) is 5.26. The van der Waals surface area contributed by atoms with E-state index < -0.39 is 17.3 Å². The molecule has 5 rings (SSSR count). The highest BCUT2D eigenvalue weighted by atomic mass is 79.9. The first-order valence-electron chi connectivity index (χ1n) is 10.5. The van der Waals surface area contributed by atoms with Crippen LogP contribution in [0.2, 0.25) is 5.02 Å². The Morgan fingerprint density at radius 1 is 1.14 bits per heavy atom. The first-order valence-corrected chi connectivity index (χ1v) is 11.7. The molecule has 4 heterocycles. The highest BCUT2D eigenvalue weighted by molar-refractivity contribution is 9.10. The number of rotatable bonds is 4. The molecule has 0 unspecified atom stereocenters. The number of hydrogen-bond donors (Lipinski definition) is 2. The van der Waals surface area contributed by atoms with Crippen LogP contribution in [0.3, 0.4) is 0 Å². The van der Waals surface area contributed by atoms with E-state index in [9.17, 15) is 13.2 Å². The van der Waals surface area contributed by atoms with Crippen molar-refractivity contribution in [3.8, 4) is 0 Å². The molecular weight excluding hydrogens is 549 g/mol. The van der Waals surface area contributed by atoms with Crippen molar-refractivity contribution in [2.75, 3.05) is 23.7 Å². The van der Waals surface area contributed by atoms with Crippen LogP contribution in [-0.2, 0) is 18.3 Å². The topological polar surface area (TPSA) is 112 Å². The van der Waals surface area contributed by atoms with E-state index in [1.165, 1.54) is 6.33 Å². The molecule has 8 nitrogen and oxygen atoms in total. The molecule has 1 aromatic carbocycles. The van der Waals surface area contributed by atoms with Crippen LogP contribution in [-0.4, -0.2) is 37.6 Å². The van der Waals surface area contributed by atoms with Crippen molar-refractivity contribution in [1.82, 2.24) is 24.5 Å². The van der Waals surface area contributed by atoms with Gasteiger partial charge in [0.1, 0.15) is 11.8 Å². The smallest absolute Gasteiger partial charge is 0.382 e. The number of alkyl halides is 3. The van der Waals surface area contributed by atoms with Gasteiger partial charge in [-0.1, -0.05) is 27.5 Å². The molecule has 0 aliphatic carbocycles. The Hall–Kier alpha value is -2.96. The first-order chi connectivity index (χ1) is 16.5. The largest absolute Gasteiger partial charge is 0.416 e. The van der Waals surface area contributed by atoms with E-state index in [1.807, 2.05) is 15.5 Å². The molecule has 35 heavy (non-hydrogen) atoms. The van der Waals surface area contributed by atoms with Gasteiger partial charge in [-0.15, -0.1) is 0 Å². The molecule has 1 aliphatic rings. The van der Waals surface area contributed by atoms with Crippen molar-refractivity contribution in [3.63, 3.8) is 0 Å². The number of fused-ring (bicyclic) bond motifs is 1. The second kappa shape index (κ2) is 8.61. The second-order valence-electron chi connectivity index (χ2n) is 8.44. The zero-order chi connectivity index (χ0) is 25.0. The maximum atomic E-state index is 13.3. The number of pyridine rings is 1. The zero-order valence-electron chi connectivity index (χ0n) is 18.1. The Bertz CT molecular complexity index is 1430. The van der Waals surface area contributed by atoms with Gasteiger partial charge in [0.15, 0.2) is 11.5 Å². The molecule has 0 saturated carbocycles. The second-order valence-corrected chi connectivity index (χ2v) is 9.73. The first kappa shape index (κ1) is 23.8. The lowest BCUT2D eigenvalue weighted by molar-refractivity contribution is -0.137. The van der Waals surface area contributed by atoms with Gasteiger partial charge in [0.25, 0.3) is 0 Å². The summed E-state index contributed by atoms with van der Waals surface area (Å²) in [7, 11) is 0. The van der Waals surface area contributed by atoms with E-state index >= 15 is 0 Å². The number of anilines is 2. The third kappa shape index (κ3) is 4.41. The minimum Gasteiger partial charge on any atom is -0.382 e. The minimum atomic E-state index is -4.47. The molecular formula is C22H19BrClF3N8. The van der Waals surface area contributed by atoms with Crippen LogP contribution in [0, 0.1) is 0 Å². The summed E-state index contributed by atoms with van der Waals surface area (Å²) in [5, 5.41) is 0.504. The van der Waals surface area contributed by atoms with E-state index in [2.05, 4.69) is 35.9 Å². The lowest BCUT2D eigenvalue weighted by Gasteiger charge is -2.27. The predicted molar refractivity (Wildman–Crippen MR) is 130 cm³/mol. The standard InChI is InChI=1S/C22H19BrClF3N8/c23-15-6-13(24)7-16(14(15)8-35-11-33-18-19(28)31-10-32-20(18)35)34-4-2-21(29,9-34)17-5-12(1-3-30-17)22(25,26)27/h1,3,5-7,10-11H,2,4,8-9,29H2,(H2,28,31,32)/t21-/m1/s1. The number of halogens is 5. The van der Waals surface area contributed by atoms with Crippen LogP contribution in [0.15, 0.2) is 47.6 Å². The van der Waals surface area contributed by atoms with Crippen molar-refractivity contribution in [2.24, 2.45) is 5.73 Å². The van der Waals surface area contributed by atoms with Crippen molar-refractivity contribution in [1.29, 1.82) is 0 Å². The van der Waals surface area contributed by atoms with Gasteiger partial charge >= 0.3 is 6.18 Å². The Balaban J connectivity index is 1.50. The van der Waals surface area contributed by atoms with Crippen molar-refractivity contribution < 1.29 is 13.2 Å². The number of nitrogens with two attached hydrogens (primary N) is 2. The third-order valence-corrected chi connectivity index (χ3v) is 7.06. The maximum absolute atomic E-state index is 13.3. The Kier molecular flexibility index (Phi) is 5.85. The lowest BCUT2D eigenvalue weighted by atomic mass is 9.94. The quantitative estimate of drug-likeness (QED) is 0.377. The molecule has 13 heteroatoms. The number of benzene rings is 1. The van der Waals surface area contributed by atoms with Crippen LogP contribution in [0.25, 0.3) is 11.2 Å². The fraction of sp³-hybridized carbons (Fsp3) is 0.273. The number of nitrogen functional groups attached to an aromatic ring is 1. The molecule has 0 bridgehead atoms. The monoisotopic (exact) mass is 566 g/mol. The van der Waals surface area contributed by atoms with Gasteiger partial charge < -0.3 is 20.9 Å². The van der Waals surface area contributed by atoms with Crippen LogP contribution in [0.1, 0.15) is 23.2 Å². The van der Waals surface area contributed by atoms with Crippen LogP contribution < -0.4 is 16.4 Å². The molecule has 1 fully saturated rings. The highest BCUT2D eigenvalue weighted by Gasteiger charge is 2.40. The van der Waals surface area contributed by atoms with Crippen LogP contribution in [0.5, 0.6) is 0 Å². The molecule has 182 valence electrons. The molecule has 0 spiro atoms. The van der Waals surface area contributed by atoms with Gasteiger partial charge in [-0.3, -0.25) is 4.98 Å². The summed E-state index contributed by atoms with van der Waals surface area (Å²) < 4.78 is 42.4. The average Bonchev–Trinajstić information content (AvgIpc) is 3.40. The summed E-state index contributed by atoms with van der Waals surface area (Å²) in [6, 6.07) is 5.57. The maximum Gasteiger partial charge on any atom is 0.416 e. The zero-order valence-corrected chi connectivity index (χ0v) is 20.4. The lowest BCUT2D eigenvalue weighted by Crippen LogP contribution is -2.41. The summed E-state index contributed by atoms with van der Waals surface area (Å²) >= 11 is 9.98. The number of imidazole rings is 1. The van der Waals surface area contributed by atoms with Crippen LogP contribution >= 0.6 is 27.5 Å². The summed E-state index contributed by atoms with van der Waals surface area (Å²) in [6.07, 6.45) is 0.0956. The number of aromatic nitrogens is 5. The molecule has 1 aliphatic heterocycles. The normalized spacial score (nSPS) is 18.5. The van der Waals surface area contributed by atoms with Gasteiger partial charge in [-0.2, -0.15) is 13.2 Å².